The van der Waals surface area contributed by atoms with Crippen LogP contribution in [0.2, 0.25) is 0 Å². The monoisotopic (exact) mass is 520 g/mol. The minimum atomic E-state index is -0.189. The molecule has 0 aliphatic heterocycles. The molecule has 0 saturated heterocycles. The highest BCUT2D eigenvalue weighted by atomic mass is 16.2. The van der Waals surface area contributed by atoms with Gasteiger partial charge in [-0.1, -0.05) is 54.6 Å². The number of aryl methyl sites for hydroxylation is 1. The summed E-state index contributed by atoms with van der Waals surface area (Å²) < 4.78 is 0. The molecule has 0 spiro atoms. The molecule has 7 nitrogen and oxygen atoms in total. The Balaban J connectivity index is 1.21. The Morgan fingerprint density at radius 1 is 0.846 bits per heavy atom. The van der Waals surface area contributed by atoms with Crippen LogP contribution in [-0.2, 0) is 26.1 Å². The van der Waals surface area contributed by atoms with Crippen molar-refractivity contribution in [1.29, 1.82) is 0 Å². The largest absolute Gasteiger partial charge is 0.337 e. The fourth-order valence-corrected chi connectivity index (χ4v) is 5.13. The van der Waals surface area contributed by atoms with Gasteiger partial charge in [0.25, 0.3) is 0 Å². The highest BCUT2D eigenvalue weighted by molar-refractivity contribution is 5.89. The van der Waals surface area contributed by atoms with Gasteiger partial charge in [0.15, 0.2) is 0 Å². The zero-order chi connectivity index (χ0) is 26.7. The van der Waals surface area contributed by atoms with Gasteiger partial charge in [-0.2, -0.15) is 0 Å². The summed E-state index contributed by atoms with van der Waals surface area (Å²) >= 11 is 0. The van der Waals surface area contributed by atoms with Crippen LogP contribution in [0, 0.1) is 0 Å². The minimum Gasteiger partial charge on any atom is -0.337 e. The summed E-state index contributed by atoms with van der Waals surface area (Å²) in [5, 5.41) is 9.40. The molecule has 2 heterocycles. The van der Waals surface area contributed by atoms with E-state index in [0.717, 1.165) is 56.8 Å². The van der Waals surface area contributed by atoms with Crippen LogP contribution in [0.1, 0.15) is 47.0 Å². The van der Waals surface area contributed by atoms with Crippen LogP contribution >= 0.6 is 0 Å². The van der Waals surface area contributed by atoms with E-state index >= 15 is 0 Å². The van der Waals surface area contributed by atoms with E-state index in [0.29, 0.717) is 6.54 Å². The number of pyridine rings is 2. The minimum absolute atomic E-state index is 0.189. The standard InChI is InChI=1S/C32H36N6O/c39-32(37-28-10-2-1-3-11-28)36-20-21-38(30-13-6-8-27-9-7-19-35-31(27)30)24-26-16-14-25(15-17-26)22-33-23-29-12-4-5-18-34-29/h1-5,7,9-12,14-19,30,33H,6,8,13,20-24H2,(H2,36,37,39). The lowest BCUT2D eigenvalue weighted by Gasteiger charge is -2.35. The third-order valence-corrected chi connectivity index (χ3v) is 7.09. The van der Waals surface area contributed by atoms with E-state index in [1.54, 1.807) is 0 Å². The Bertz CT molecular complexity index is 1310. The van der Waals surface area contributed by atoms with Crippen molar-refractivity contribution in [3.63, 3.8) is 0 Å². The van der Waals surface area contributed by atoms with Gasteiger partial charge in [0.2, 0.25) is 0 Å². The Morgan fingerprint density at radius 3 is 2.46 bits per heavy atom. The summed E-state index contributed by atoms with van der Waals surface area (Å²) in [5.41, 5.74) is 6.82. The van der Waals surface area contributed by atoms with Gasteiger partial charge in [0.1, 0.15) is 0 Å². The molecule has 7 heteroatoms. The quantitative estimate of drug-likeness (QED) is 0.244. The van der Waals surface area contributed by atoms with Crippen molar-refractivity contribution in [1.82, 2.24) is 25.5 Å². The number of amides is 2. The van der Waals surface area contributed by atoms with Gasteiger partial charge < -0.3 is 16.0 Å². The van der Waals surface area contributed by atoms with Crippen LogP contribution in [0.25, 0.3) is 0 Å². The number of rotatable bonds is 11. The molecule has 3 N–H and O–H groups in total. The average Bonchev–Trinajstić information content (AvgIpc) is 2.98. The molecule has 1 unspecified atom stereocenters. The second-order valence-electron chi connectivity index (χ2n) is 9.91. The van der Waals surface area contributed by atoms with E-state index in [1.165, 1.54) is 22.4 Å². The van der Waals surface area contributed by atoms with Crippen molar-refractivity contribution >= 4 is 11.7 Å². The van der Waals surface area contributed by atoms with Crippen molar-refractivity contribution < 1.29 is 4.79 Å². The summed E-state index contributed by atoms with van der Waals surface area (Å²) in [4.78, 5) is 24.1. The van der Waals surface area contributed by atoms with E-state index in [2.05, 4.69) is 56.2 Å². The molecule has 5 rings (SSSR count). The lowest BCUT2D eigenvalue weighted by Crippen LogP contribution is -2.39. The molecule has 1 atom stereocenters. The molecule has 0 saturated carbocycles. The average molecular weight is 521 g/mol. The molecule has 0 radical (unpaired) electrons. The number of hydrogen-bond donors (Lipinski definition) is 3. The number of fused-ring (bicyclic) bond motifs is 1. The Kier molecular flexibility index (Phi) is 9.28. The number of carbonyl (C=O) groups is 1. The number of carbonyl (C=O) groups excluding carboxylic acids is 1. The first kappa shape index (κ1) is 26.5. The van der Waals surface area contributed by atoms with E-state index in [4.69, 9.17) is 4.98 Å². The van der Waals surface area contributed by atoms with Gasteiger partial charge >= 0.3 is 6.03 Å². The van der Waals surface area contributed by atoms with Crippen LogP contribution in [0.4, 0.5) is 10.5 Å². The number of para-hydroxylation sites is 1. The molecule has 1 aliphatic rings. The maximum Gasteiger partial charge on any atom is 0.319 e. The molecule has 200 valence electrons. The molecule has 39 heavy (non-hydrogen) atoms. The maximum atomic E-state index is 12.5. The number of aromatic nitrogens is 2. The molecule has 2 aromatic carbocycles. The number of benzene rings is 2. The van der Waals surface area contributed by atoms with Crippen molar-refractivity contribution in [3.8, 4) is 0 Å². The van der Waals surface area contributed by atoms with Crippen molar-refractivity contribution in [3.05, 3.63) is 125 Å². The van der Waals surface area contributed by atoms with Crippen molar-refractivity contribution in [2.24, 2.45) is 0 Å². The number of nitrogens with one attached hydrogen (secondary N) is 3. The lowest BCUT2D eigenvalue weighted by atomic mass is 9.90. The summed E-state index contributed by atoms with van der Waals surface area (Å²) in [7, 11) is 0. The highest BCUT2D eigenvalue weighted by Crippen LogP contribution is 2.33. The smallest absolute Gasteiger partial charge is 0.319 e. The second kappa shape index (κ2) is 13.6. The molecule has 2 amide bonds. The van der Waals surface area contributed by atoms with Crippen molar-refractivity contribution in [2.75, 3.05) is 18.4 Å². The summed E-state index contributed by atoms with van der Waals surface area (Å²) in [5.74, 6) is 0. The van der Waals surface area contributed by atoms with Gasteiger partial charge in [-0.25, -0.2) is 4.79 Å². The molecular formula is C32H36N6O. The molecule has 2 aromatic heterocycles. The first-order chi connectivity index (χ1) is 19.2. The van der Waals surface area contributed by atoms with Crippen LogP contribution in [-0.4, -0.2) is 34.0 Å². The number of urea groups is 1. The van der Waals surface area contributed by atoms with Gasteiger partial charge in [-0.05, 0) is 66.3 Å². The van der Waals surface area contributed by atoms with Crippen LogP contribution < -0.4 is 16.0 Å². The van der Waals surface area contributed by atoms with E-state index < -0.39 is 0 Å². The van der Waals surface area contributed by atoms with Crippen LogP contribution in [0.5, 0.6) is 0 Å². The van der Waals surface area contributed by atoms with E-state index in [9.17, 15) is 4.79 Å². The molecule has 4 aromatic rings. The first-order valence-electron chi connectivity index (χ1n) is 13.7. The fraction of sp³-hybridized carbons (Fsp3) is 0.281. The predicted molar refractivity (Wildman–Crippen MR) is 155 cm³/mol. The summed E-state index contributed by atoms with van der Waals surface area (Å²) in [6, 6.07) is 28.6. The number of nitrogens with zero attached hydrogens (tertiary/aromatic N) is 3. The van der Waals surface area contributed by atoms with E-state index in [-0.39, 0.29) is 12.1 Å². The van der Waals surface area contributed by atoms with Crippen LogP contribution in [0.15, 0.2) is 97.3 Å². The first-order valence-corrected chi connectivity index (χ1v) is 13.7. The van der Waals surface area contributed by atoms with Gasteiger partial charge in [-0.15, -0.1) is 0 Å². The zero-order valence-corrected chi connectivity index (χ0v) is 22.2. The Labute approximate surface area is 230 Å². The van der Waals surface area contributed by atoms with Crippen molar-refractivity contribution in [2.45, 2.75) is 44.9 Å². The SMILES string of the molecule is O=C(NCCN(Cc1ccc(CNCc2ccccn2)cc1)C1CCCc2cccnc21)Nc1ccccc1. The summed E-state index contributed by atoms with van der Waals surface area (Å²) in [6.45, 7) is 3.61. The molecule has 0 fully saturated rings. The zero-order valence-electron chi connectivity index (χ0n) is 22.2. The fourth-order valence-electron chi connectivity index (χ4n) is 5.13. The van der Waals surface area contributed by atoms with Gasteiger partial charge in [0.05, 0.1) is 17.4 Å². The Hall–Kier alpha value is -4.07. The predicted octanol–water partition coefficient (Wildman–Crippen LogP) is 5.47. The maximum absolute atomic E-state index is 12.5. The normalized spacial score (nSPS) is 14.5. The topological polar surface area (TPSA) is 82.2 Å². The summed E-state index contributed by atoms with van der Waals surface area (Å²) in [6.07, 6.45) is 7.00. The third-order valence-electron chi connectivity index (χ3n) is 7.09. The van der Waals surface area contributed by atoms with Crippen LogP contribution in [0.3, 0.4) is 0 Å². The molecule has 1 aliphatic carbocycles. The lowest BCUT2D eigenvalue weighted by molar-refractivity contribution is 0.167. The van der Waals surface area contributed by atoms with Gasteiger partial charge in [0, 0.05) is 50.8 Å². The molecular weight excluding hydrogens is 484 g/mol. The Morgan fingerprint density at radius 2 is 1.64 bits per heavy atom. The number of hydrogen-bond acceptors (Lipinski definition) is 5. The molecule has 0 bridgehead atoms. The van der Waals surface area contributed by atoms with E-state index in [1.807, 2.05) is 67.0 Å². The third kappa shape index (κ3) is 7.72. The highest BCUT2D eigenvalue weighted by Gasteiger charge is 2.27. The van der Waals surface area contributed by atoms with Gasteiger partial charge in [-0.3, -0.25) is 14.9 Å². The second-order valence-corrected chi connectivity index (χ2v) is 9.91. The number of anilines is 1.